The molecule has 0 radical (unpaired) electrons. The third-order valence-electron chi connectivity index (χ3n) is 1.77. The van der Waals surface area contributed by atoms with E-state index in [1.54, 1.807) is 7.05 Å². The van der Waals surface area contributed by atoms with Gasteiger partial charge < -0.3 is 20.6 Å². The molecule has 0 amide bonds. The van der Waals surface area contributed by atoms with Gasteiger partial charge in [0.2, 0.25) is 5.75 Å². The number of benzene rings is 1. The van der Waals surface area contributed by atoms with Gasteiger partial charge in [0.25, 0.3) is 0 Å². The van der Waals surface area contributed by atoms with Gasteiger partial charge in [-0.1, -0.05) is 0 Å². The molecule has 0 aliphatic rings. The van der Waals surface area contributed by atoms with E-state index in [4.69, 9.17) is 10.2 Å². The number of nitrogens with one attached hydrogen (secondary N) is 1. The van der Waals surface area contributed by atoms with Crippen LogP contribution in [0.4, 0.5) is 0 Å². The highest BCUT2D eigenvalue weighted by Crippen LogP contribution is 2.36. The van der Waals surface area contributed by atoms with Gasteiger partial charge in [-0.05, 0) is 19.2 Å². The minimum Gasteiger partial charge on any atom is -0.504 e. The minimum atomic E-state index is -0.674. The van der Waals surface area contributed by atoms with Crippen molar-refractivity contribution in [1.29, 1.82) is 0 Å². The number of rotatable bonds is 3. The molecule has 5 heteroatoms. The number of phenolic OH excluding ortho intramolecular Hbond substituents is 3. The standard InChI is InChI=1S/C9H11NO4/c1-10-4-7(12)5-2-3-6(11)9(14)8(5)13/h2-3,10-11,13-14H,4H2,1H3. The molecule has 76 valence electrons. The first-order valence-electron chi connectivity index (χ1n) is 3.99. The second-order valence-corrected chi connectivity index (χ2v) is 2.78. The maximum atomic E-state index is 11.3. The summed E-state index contributed by atoms with van der Waals surface area (Å²) in [6.07, 6.45) is 0. The molecule has 1 rings (SSSR count). The lowest BCUT2D eigenvalue weighted by atomic mass is 10.1. The molecular weight excluding hydrogens is 186 g/mol. The lowest BCUT2D eigenvalue weighted by Gasteiger charge is -2.05. The summed E-state index contributed by atoms with van der Waals surface area (Å²) < 4.78 is 0. The van der Waals surface area contributed by atoms with Crippen molar-refractivity contribution in [1.82, 2.24) is 5.32 Å². The maximum absolute atomic E-state index is 11.3. The Labute approximate surface area is 80.6 Å². The molecule has 0 aliphatic carbocycles. The number of carbonyl (C=O) groups excluding carboxylic acids is 1. The number of hydrogen-bond donors (Lipinski definition) is 4. The van der Waals surface area contributed by atoms with Gasteiger partial charge in [-0.25, -0.2) is 0 Å². The van der Waals surface area contributed by atoms with Gasteiger partial charge in [0, 0.05) is 0 Å². The summed E-state index contributed by atoms with van der Waals surface area (Å²) in [6.45, 7) is 0.0533. The van der Waals surface area contributed by atoms with Crippen LogP contribution in [-0.2, 0) is 0 Å². The molecule has 0 unspecified atom stereocenters. The molecule has 0 heterocycles. The van der Waals surface area contributed by atoms with Gasteiger partial charge in [0.05, 0.1) is 12.1 Å². The summed E-state index contributed by atoms with van der Waals surface area (Å²) >= 11 is 0. The number of hydrogen-bond acceptors (Lipinski definition) is 5. The summed E-state index contributed by atoms with van der Waals surface area (Å²) in [6, 6.07) is 2.40. The highest BCUT2D eigenvalue weighted by atomic mass is 16.3. The first kappa shape index (κ1) is 10.3. The van der Waals surface area contributed by atoms with Crippen LogP contribution in [-0.4, -0.2) is 34.7 Å². The molecule has 14 heavy (non-hydrogen) atoms. The number of ketones is 1. The van der Waals surface area contributed by atoms with Crippen LogP contribution in [0, 0.1) is 0 Å². The molecule has 0 aromatic heterocycles. The molecule has 5 nitrogen and oxygen atoms in total. The van der Waals surface area contributed by atoms with Crippen LogP contribution < -0.4 is 5.32 Å². The molecule has 0 saturated carbocycles. The van der Waals surface area contributed by atoms with Crippen LogP contribution in [0.1, 0.15) is 10.4 Å². The average Bonchev–Trinajstić information content (AvgIpc) is 2.15. The van der Waals surface area contributed by atoms with Crippen LogP contribution in [0.2, 0.25) is 0 Å². The van der Waals surface area contributed by atoms with Gasteiger partial charge in [-0.15, -0.1) is 0 Å². The number of phenols is 3. The van der Waals surface area contributed by atoms with E-state index in [1.807, 2.05) is 0 Å². The molecule has 0 bridgehead atoms. The summed E-state index contributed by atoms with van der Waals surface area (Å²) in [5, 5.41) is 30.1. The normalized spacial score (nSPS) is 10.1. The monoisotopic (exact) mass is 197 g/mol. The van der Waals surface area contributed by atoms with E-state index in [0.717, 1.165) is 6.07 Å². The summed E-state index contributed by atoms with van der Waals surface area (Å²) in [5.74, 6) is -2.08. The number of Topliss-reactive ketones (excluding diaryl/α,β-unsaturated/α-hetero) is 1. The Morgan fingerprint density at radius 2 is 1.93 bits per heavy atom. The number of aromatic hydroxyl groups is 3. The van der Waals surface area contributed by atoms with E-state index in [1.165, 1.54) is 6.07 Å². The van der Waals surface area contributed by atoms with Crippen LogP contribution >= 0.6 is 0 Å². The second-order valence-electron chi connectivity index (χ2n) is 2.78. The minimum absolute atomic E-state index is 0.0188. The highest BCUT2D eigenvalue weighted by Gasteiger charge is 2.15. The van der Waals surface area contributed by atoms with Crippen molar-refractivity contribution in [2.75, 3.05) is 13.6 Å². The van der Waals surface area contributed by atoms with E-state index < -0.39 is 17.2 Å². The van der Waals surface area contributed by atoms with E-state index >= 15 is 0 Å². The summed E-state index contributed by atoms with van der Waals surface area (Å²) in [4.78, 5) is 11.3. The third kappa shape index (κ3) is 1.77. The Balaban J connectivity index is 3.11. The largest absolute Gasteiger partial charge is 0.504 e. The van der Waals surface area contributed by atoms with Crippen LogP contribution in [0.5, 0.6) is 17.2 Å². The molecule has 0 spiro atoms. The smallest absolute Gasteiger partial charge is 0.201 e. The first-order chi connectivity index (χ1) is 6.57. The molecule has 0 saturated heterocycles. The molecule has 1 aromatic carbocycles. The van der Waals surface area contributed by atoms with Crippen molar-refractivity contribution in [2.45, 2.75) is 0 Å². The Morgan fingerprint density at radius 3 is 2.50 bits per heavy atom. The Bertz CT molecular complexity index is 362. The predicted octanol–water partition coefficient (Wildman–Crippen LogP) is 0.205. The number of likely N-dealkylation sites (N-methyl/N-ethyl adjacent to an activating group) is 1. The topological polar surface area (TPSA) is 89.8 Å². The predicted molar refractivity (Wildman–Crippen MR) is 49.7 cm³/mol. The van der Waals surface area contributed by atoms with Crippen molar-refractivity contribution in [3.8, 4) is 17.2 Å². The molecule has 1 aromatic rings. The van der Waals surface area contributed by atoms with E-state index in [-0.39, 0.29) is 17.9 Å². The molecule has 0 atom stereocenters. The van der Waals surface area contributed by atoms with Crippen molar-refractivity contribution in [3.63, 3.8) is 0 Å². The van der Waals surface area contributed by atoms with Gasteiger partial charge in [-0.3, -0.25) is 4.79 Å². The van der Waals surface area contributed by atoms with E-state index in [2.05, 4.69) is 5.32 Å². The lowest BCUT2D eigenvalue weighted by molar-refractivity contribution is 0.0990. The van der Waals surface area contributed by atoms with Crippen molar-refractivity contribution < 1.29 is 20.1 Å². The highest BCUT2D eigenvalue weighted by molar-refractivity contribution is 6.01. The zero-order valence-electron chi connectivity index (χ0n) is 7.61. The molecule has 0 fully saturated rings. The maximum Gasteiger partial charge on any atom is 0.201 e. The zero-order chi connectivity index (χ0) is 10.7. The fourth-order valence-electron chi connectivity index (χ4n) is 1.05. The first-order valence-corrected chi connectivity index (χ1v) is 3.99. The van der Waals surface area contributed by atoms with Crippen molar-refractivity contribution in [2.24, 2.45) is 0 Å². The average molecular weight is 197 g/mol. The Morgan fingerprint density at radius 1 is 1.29 bits per heavy atom. The molecule has 0 aliphatic heterocycles. The van der Waals surface area contributed by atoms with Crippen LogP contribution in [0.15, 0.2) is 12.1 Å². The fourth-order valence-corrected chi connectivity index (χ4v) is 1.05. The lowest BCUT2D eigenvalue weighted by Crippen LogP contribution is -2.18. The van der Waals surface area contributed by atoms with Crippen LogP contribution in [0.3, 0.4) is 0 Å². The van der Waals surface area contributed by atoms with E-state index in [9.17, 15) is 9.90 Å². The van der Waals surface area contributed by atoms with Crippen LogP contribution in [0.25, 0.3) is 0 Å². The summed E-state index contributed by atoms with van der Waals surface area (Å²) in [5.41, 5.74) is -0.0188. The fraction of sp³-hybridized carbons (Fsp3) is 0.222. The third-order valence-corrected chi connectivity index (χ3v) is 1.77. The van der Waals surface area contributed by atoms with Crippen molar-refractivity contribution >= 4 is 5.78 Å². The van der Waals surface area contributed by atoms with E-state index in [0.29, 0.717) is 0 Å². The van der Waals surface area contributed by atoms with Crippen molar-refractivity contribution in [3.05, 3.63) is 17.7 Å². The Kier molecular flexibility index (Phi) is 2.93. The second kappa shape index (κ2) is 3.97. The van der Waals surface area contributed by atoms with Gasteiger partial charge in [-0.2, -0.15) is 0 Å². The Hall–Kier alpha value is -1.75. The van der Waals surface area contributed by atoms with Gasteiger partial charge in [0.15, 0.2) is 17.3 Å². The number of carbonyl (C=O) groups is 1. The molecular formula is C9H11NO4. The zero-order valence-corrected chi connectivity index (χ0v) is 7.61. The SMILES string of the molecule is CNCC(=O)c1ccc(O)c(O)c1O. The molecule has 4 N–H and O–H groups in total. The quantitative estimate of drug-likeness (QED) is 0.410. The van der Waals surface area contributed by atoms with Gasteiger partial charge in [0.1, 0.15) is 0 Å². The summed E-state index contributed by atoms with van der Waals surface area (Å²) in [7, 11) is 1.59. The van der Waals surface area contributed by atoms with Gasteiger partial charge >= 0.3 is 0 Å².